The number of hydrogen-bond donors (Lipinski definition) is 1. The van der Waals surface area contributed by atoms with Gasteiger partial charge in [-0.15, -0.1) is 0 Å². The largest absolute Gasteiger partial charge is 0.310 e. The lowest BCUT2D eigenvalue weighted by Crippen LogP contribution is -2.35. The topological polar surface area (TPSA) is 75.9 Å². The molecular formula is C19H22N6O. The zero-order valence-electron chi connectivity index (χ0n) is 15.0. The van der Waals surface area contributed by atoms with Crippen LogP contribution in [0.15, 0.2) is 36.9 Å². The number of amides is 1. The second-order valence-electron chi connectivity index (χ2n) is 6.90. The van der Waals surface area contributed by atoms with Gasteiger partial charge in [-0.3, -0.25) is 19.4 Å². The van der Waals surface area contributed by atoms with Crippen LogP contribution >= 0.6 is 0 Å². The molecule has 1 aliphatic heterocycles. The van der Waals surface area contributed by atoms with E-state index in [4.69, 9.17) is 0 Å². The molecule has 7 heteroatoms. The Morgan fingerprint density at radius 3 is 2.81 bits per heavy atom. The van der Waals surface area contributed by atoms with Crippen molar-refractivity contribution in [2.45, 2.75) is 25.8 Å². The first-order valence-corrected chi connectivity index (χ1v) is 8.87. The molecule has 1 atom stereocenters. The summed E-state index contributed by atoms with van der Waals surface area (Å²) in [6.45, 7) is 3.57. The lowest BCUT2D eigenvalue weighted by molar-refractivity contribution is -0.117. The number of likely N-dealkylation sites (tertiary alicyclic amines) is 1. The van der Waals surface area contributed by atoms with E-state index in [9.17, 15) is 4.79 Å². The van der Waals surface area contributed by atoms with E-state index in [0.717, 1.165) is 41.4 Å². The van der Waals surface area contributed by atoms with Crippen LogP contribution in [0.3, 0.4) is 0 Å². The van der Waals surface area contributed by atoms with Gasteiger partial charge in [-0.1, -0.05) is 0 Å². The molecule has 1 fully saturated rings. The van der Waals surface area contributed by atoms with Crippen LogP contribution in [-0.4, -0.2) is 49.7 Å². The molecule has 4 heterocycles. The zero-order valence-corrected chi connectivity index (χ0v) is 15.0. The fourth-order valence-electron chi connectivity index (χ4n) is 3.41. The summed E-state index contributed by atoms with van der Waals surface area (Å²) in [6.07, 6.45) is 9.56. The van der Waals surface area contributed by atoms with Gasteiger partial charge in [0, 0.05) is 42.6 Å². The van der Waals surface area contributed by atoms with Crippen molar-refractivity contribution in [1.82, 2.24) is 24.6 Å². The van der Waals surface area contributed by atoms with E-state index in [1.165, 1.54) is 0 Å². The molecule has 4 rings (SSSR count). The summed E-state index contributed by atoms with van der Waals surface area (Å²) in [7, 11) is 1.88. The van der Waals surface area contributed by atoms with Crippen LogP contribution in [0, 0.1) is 0 Å². The van der Waals surface area contributed by atoms with Gasteiger partial charge >= 0.3 is 0 Å². The van der Waals surface area contributed by atoms with Gasteiger partial charge in [-0.2, -0.15) is 5.10 Å². The van der Waals surface area contributed by atoms with Gasteiger partial charge in [0.1, 0.15) is 5.82 Å². The van der Waals surface area contributed by atoms with Crippen molar-refractivity contribution in [3.63, 3.8) is 0 Å². The number of anilines is 1. The molecule has 7 nitrogen and oxygen atoms in total. The highest BCUT2D eigenvalue weighted by Gasteiger charge is 2.22. The van der Waals surface area contributed by atoms with Gasteiger partial charge in [0.05, 0.1) is 18.4 Å². The highest BCUT2D eigenvalue weighted by Crippen LogP contribution is 2.23. The molecule has 3 aromatic rings. The predicted octanol–water partition coefficient (Wildman–Crippen LogP) is 2.45. The molecule has 1 N–H and O–H groups in total. The third-order valence-corrected chi connectivity index (χ3v) is 4.91. The van der Waals surface area contributed by atoms with Crippen LogP contribution in [0.4, 0.5) is 5.82 Å². The predicted molar refractivity (Wildman–Crippen MR) is 101 cm³/mol. The molecule has 1 amide bonds. The van der Waals surface area contributed by atoms with Crippen LogP contribution in [0.5, 0.6) is 0 Å². The number of aryl methyl sites for hydroxylation is 1. The summed E-state index contributed by atoms with van der Waals surface area (Å²) in [5.74, 6) is 0.546. The molecule has 0 saturated carbocycles. The third-order valence-electron chi connectivity index (χ3n) is 4.91. The zero-order chi connectivity index (χ0) is 18.1. The Balaban J connectivity index is 1.53. The maximum Gasteiger partial charge on any atom is 0.239 e. The van der Waals surface area contributed by atoms with E-state index in [0.29, 0.717) is 18.4 Å². The molecule has 0 spiro atoms. The first-order valence-electron chi connectivity index (χ1n) is 8.87. The average Bonchev–Trinajstić information content (AvgIpc) is 3.23. The summed E-state index contributed by atoms with van der Waals surface area (Å²) < 4.78 is 1.75. The molecule has 26 heavy (non-hydrogen) atoms. The quantitative estimate of drug-likeness (QED) is 0.782. The first-order chi connectivity index (χ1) is 12.6. The van der Waals surface area contributed by atoms with E-state index in [1.807, 2.05) is 25.4 Å². The van der Waals surface area contributed by atoms with Crippen LogP contribution in [0.2, 0.25) is 0 Å². The smallest absolute Gasteiger partial charge is 0.239 e. The SMILES string of the molecule is C[C@@H]1CCCN1CC(=O)Nc1cc2cc(-c3cnn(C)c3)ncc2cn1. The van der Waals surface area contributed by atoms with E-state index in [2.05, 4.69) is 32.2 Å². The summed E-state index contributed by atoms with van der Waals surface area (Å²) >= 11 is 0. The standard InChI is InChI=1S/C19H22N6O/c1-13-4-3-5-25(13)12-19(26)23-18-7-14-6-17(16-10-22-24(2)11-16)20-8-15(14)9-21-18/h6-11,13H,3-5,12H2,1-2H3,(H,21,23,26)/t13-/m1/s1. The lowest BCUT2D eigenvalue weighted by Gasteiger charge is -2.19. The van der Waals surface area contributed by atoms with Gasteiger partial charge < -0.3 is 5.32 Å². The fraction of sp³-hybridized carbons (Fsp3) is 0.368. The first kappa shape index (κ1) is 16.7. The van der Waals surface area contributed by atoms with Crippen LogP contribution in [-0.2, 0) is 11.8 Å². The average molecular weight is 350 g/mol. The van der Waals surface area contributed by atoms with Crippen molar-refractivity contribution in [2.24, 2.45) is 7.05 Å². The Bertz CT molecular complexity index is 950. The summed E-state index contributed by atoms with van der Waals surface area (Å²) in [5.41, 5.74) is 1.81. The molecular weight excluding hydrogens is 328 g/mol. The Kier molecular flexibility index (Phi) is 4.38. The molecule has 134 valence electrons. The van der Waals surface area contributed by atoms with Crippen LogP contribution < -0.4 is 5.32 Å². The number of fused-ring (bicyclic) bond motifs is 1. The maximum atomic E-state index is 12.3. The number of rotatable bonds is 4. The molecule has 0 aromatic carbocycles. The molecule has 0 aliphatic carbocycles. The molecule has 0 radical (unpaired) electrons. The summed E-state index contributed by atoms with van der Waals surface area (Å²) in [6, 6.07) is 4.35. The van der Waals surface area contributed by atoms with Gasteiger partial charge in [-0.25, -0.2) is 4.98 Å². The second-order valence-corrected chi connectivity index (χ2v) is 6.90. The van der Waals surface area contributed by atoms with Crippen molar-refractivity contribution < 1.29 is 4.79 Å². The molecule has 0 bridgehead atoms. The monoisotopic (exact) mass is 350 g/mol. The molecule has 1 saturated heterocycles. The molecule has 3 aromatic heterocycles. The second kappa shape index (κ2) is 6.84. The molecule has 1 aliphatic rings. The number of carbonyl (C=O) groups is 1. The van der Waals surface area contributed by atoms with E-state index >= 15 is 0 Å². The van der Waals surface area contributed by atoms with E-state index < -0.39 is 0 Å². The number of aromatic nitrogens is 4. The fourth-order valence-corrected chi connectivity index (χ4v) is 3.41. The van der Waals surface area contributed by atoms with E-state index in [1.54, 1.807) is 23.3 Å². The normalized spacial score (nSPS) is 17.7. The van der Waals surface area contributed by atoms with Crippen molar-refractivity contribution in [1.29, 1.82) is 0 Å². The van der Waals surface area contributed by atoms with Crippen LogP contribution in [0.25, 0.3) is 22.0 Å². The number of nitrogens with one attached hydrogen (secondary N) is 1. The Labute approximate surface area is 152 Å². The number of carbonyl (C=O) groups excluding carboxylic acids is 1. The van der Waals surface area contributed by atoms with Crippen molar-refractivity contribution in [3.05, 3.63) is 36.9 Å². The van der Waals surface area contributed by atoms with Crippen molar-refractivity contribution >= 4 is 22.5 Å². The maximum absolute atomic E-state index is 12.3. The number of pyridine rings is 2. The van der Waals surface area contributed by atoms with Crippen LogP contribution in [0.1, 0.15) is 19.8 Å². The minimum absolute atomic E-state index is 0.0212. The Hall–Kier alpha value is -2.80. The summed E-state index contributed by atoms with van der Waals surface area (Å²) in [5, 5.41) is 9.02. The number of hydrogen-bond acceptors (Lipinski definition) is 5. The highest BCUT2D eigenvalue weighted by atomic mass is 16.2. The van der Waals surface area contributed by atoms with Crippen molar-refractivity contribution in [3.8, 4) is 11.3 Å². The lowest BCUT2D eigenvalue weighted by atomic mass is 10.1. The van der Waals surface area contributed by atoms with Crippen molar-refractivity contribution in [2.75, 3.05) is 18.4 Å². The Morgan fingerprint density at radius 2 is 2.08 bits per heavy atom. The van der Waals surface area contributed by atoms with Gasteiger partial charge in [0.2, 0.25) is 5.91 Å². The van der Waals surface area contributed by atoms with Gasteiger partial charge in [0.25, 0.3) is 0 Å². The summed E-state index contributed by atoms with van der Waals surface area (Å²) in [4.78, 5) is 23.3. The minimum atomic E-state index is -0.0212. The molecule has 0 unspecified atom stereocenters. The van der Waals surface area contributed by atoms with Gasteiger partial charge in [0.15, 0.2) is 0 Å². The van der Waals surface area contributed by atoms with Gasteiger partial charge in [-0.05, 0) is 43.8 Å². The minimum Gasteiger partial charge on any atom is -0.310 e. The van der Waals surface area contributed by atoms with E-state index in [-0.39, 0.29) is 5.91 Å². The number of nitrogens with zero attached hydrogens (tertiary/aromatic N) is 5. The Morgan fingerprint density at radius 1 is 1.23 bits per heavy atom. The third kappa shape index (κ3) is 3.43. The highest BCUT2D eigenvalue weighted by molar-refractivity contribution is 5.94.